The Morgan fingerprint density at radius 2 is 2.18 bits per heavy atom. The van der Waals surface area contributed by atoms with Gasteiger partial charge < -0.3 is 10.5 Å². The van der Waals surface area contributed by atoms with E-state index in [1.165, 1.54) is 0 Å². The number of nitrogens with two attached hydrogens (primary N) is 1. The second-order valence-corrected chi connectivity index (χ2v) is 5.23. The Hall–Kier alpha value is -1.26. The number of carbonyl (C=O) groups is 1. The molecule has 5 heteroatoms. The van der Waals surface area contributed by atoms with E-state index in [0.29, 0.717) is 18.9 Å². The molecular weight excluding hydrogens is 218 g/mol. The molecule has 0 radical (unpaired) electrons. The minimum atomic E-state index is -0.471. The van der Waals surface area contributed by atoms with E-state index in [0.717, 1.165) is 12.8 Å². The average molecular weight is 241 g/mol. The fourth-order valence-corrected chi connectivity index (χ4v) is 1.90. The van der Waals surface area contributed by atoms with Crippen LogP contribution < -0.4 is 5.73 Å². The molecule has 2 N–H and O–H groups in total. The van der Waals surface area contributed by atoms with Crippen molar-refractivity contribution < 1.29 is 9.53 Å². The van der Waals surface area contributed by atoms with Crippen LogP contribution in [-0.2, 0) is 4.74 Å². The van der Waals surface area contributed by atoms with Gasteiger partial charge in [0.1, 0.15) is 11.4 Å². The number of carbonyl (C=O) groups excluding carboxylic acids is 1. The van der Waals surface area contributed by atoms with Gasteiger partial charge in [-0.1, -0.05) is 0 Å². The van der Waals surface area contributed by atoms with Crippen LogP contribution in [0.1, 0.15) is 40.5 Å². The first-order valence-electron chi connectivity index (χ1n) is 6.14. The van der Waals surface area contributed by atoms with Gasteiger partial charge in [-0.25, -0.2) is 4.79 Å². The van der Waals surface area contributed by atoms with E-state index in [2.05, 4.69) is 4.99 Å². The first-order valence-corrected chi connectivity index (χ1v) is 6.14. The highest BCUT2D eigenvalue weighted by atomic mass is 16.6. The molecule has 98 valence electrons. The lowest BCUT2D eigenvalue weighted by Gasteiger charge is -2.28. The summed E-state index contributed by atoms with van der Waals surface area (Å²) < 4.78 is 5.36. The predicted octanol–water partition coefficient (Wildman–Crippen LogP) is 1.76. The summed E-state index contributed by atoms with van der Waals surface area (Å²) in [6.07, 6.45) is 1.52. The molecule has 17 heavy (non-hydrogen) atoms. The van der Waals surface area contributed by atoms with Crippen LogP contribution in [0.3, 0.4) is 0 Å². The highest BCUT2D eigenvalue weighted by Crippen LogP contribution is 2.20. The third-order valence-electron chi connectivity index (χ3n) is 2.56. The van der Waals surface area contributed by atoms with Crippen LogP contribution >= 0.6 is 0 Å². The number of amides is 1. The molecule has 1 unspecified atom stereocenters. The number of hydrogen-bond donors (Lipinski definition) is 1. The van der Waals surface area contributed by atoms with Crippen LogP contribution in [0.25, 0.3) is 0 Å². The van der Waals surface area contributed by atoms with Crippen LogP contribution in [0, 0.1) is 0 Å². The Kier molecular flexibility index (Phi) is 4.37. The second-order valence-electron chi connectivity index (χ2n) is 5.23. The molecule has 0 aromatic heterocycles. The van der Waals surface area contributed by atoms with Gasteiger partial charge in [0.25, 0.3) is 0 Å². The molecule has 1 aliphatic heterocycles. The van der Waals surface area contributed by atoms with Crippen molar-refractivity contribution in [1.29, 1.82) is 0 Å². The van der Waals surface area contributed by atoms with E-state index >= 15 is 0 Å². The zero-order valence-corrected chi connectivity index (χ0v) is 11.2. The van der Waals surface area contributed by atoms with Gasteiger partial charge in [0.05, 0.1) is 6.04 Å². The summed E-state index contributed by atoms with van der Waals surface area (Å²) in [5.74, 6) is 0.538. The van der Waals surface area contributed by atoms with Crippen LogP contribution in [0.5, 0.6) is 0 Å². The second kappa shape index (κ2) is 5.38. The number of rotatable bonds is 2. The maximum Gasteiger partial charge on any atom is 0.410 e. The van der Waals surface area contributed by atoms with Gasteiger partial charge in [-0.3, -0.25) is 9.89 Å². The van der Waals surface area contributed by atoms with Crippen molar-refractivity contribution >= 4 is 11.9 Å². The molecule has 0 aliphatic carbocycles. The molecule has 0 aromatic carbocycles. The molecule has 0 bridgehead atoms. The Morgan fingerprint density at radius 1 is 1.53 bits per heavy atom. The maximum absolute atomic E-state index is 12.0. The lowest BCUT2D eigenvalue weighted by atomic mass is 10.2. The highest BCUT2D eigenvalue weighted by Gasteiger charge is 2.34. The smallest absolute Gasteiger partial charge is 0.410 e. The maximum atomic E-state index is 12.0. The van der Waals surface area contributed by atoms with Crippen LogP contribution in [0.15, 0.2) is 4.99 Å². The van der Waals surface area contributed by atoms with Crippen molar-refractivity contribution in [3.63, 3.8) is 0 Å². The van der Waals surface area contributed by atoms with Gasteiger partial charge in [0.2, 0.25) is 0 Å². The van der Waals surface area contributed by atoms with Gasteiger partial charge in [-0.15, -0.1) is 0 Å². The molecule has 1 fully saturated rings. The van der Waals surface area contributed by atoms with E-state index in [1.807, 2.05) is 27.7 Å². The van der Waals surface area contributed by atoms with Gasteiger partial charge >= 0.3 is 6.09 Å². The lowest BCUT2D eigenvalue weighted by molar-refractivity contribution is 0.0265. The van der Waals surface area contributed by atoms with Crippen molar-refractivity contribution in [2.24, 2.45) is 10.7 Å². The van der Waals surface area contributed by atoms with Crippen molar-refractivity contribution in [1.82, 2.24) is 4.90 Å². The molecule has 0 aromatic rings. The summed E-state index contributed by atoms with van der Waals surface area (Å²) >= 11 is 0. The average Bonchev–Trinajstić information content (AvgIpc) is 2.63. The first-order chi connectivity index (χ1) is 7.85. The van der Waals surface area contributed by atoms with E-state index < -0.39 is 5.60 Å². The number of nitrogens with zero attached hydrogens (tertiary/aromatic N) is 2. The molecule has 5 nitrogen and oxygen atoms in total. The predicted molar refractivity (Wildman–Crippen MR) is 68.1 cm³/mol. The van der Waals surface area contributed by atoms with Crippen molar-refractivity contribution in [3.05, 3.63) is 0 Å². The van der Waals surface area contributed by atoms with Gasteiger partial charge in [-0.05, 0) is 40.5 Å². The van der Waals surface area contributed by atoms with Crippen LogP contribution in [-0.4, -0.2) is 41.6 Å². The van der Waals surface area contributed by atoms with Crippen molar-refractivity contribution in [2.75, 3.05) is 13.1 Å². The summed E-state index contributed by atoms with van der Waals surface area (Å²) in [4.78, 5) is 17.8. The van der Waals surface area contributed by atoms with Gasteiger partial charge in [0, 0.05) is 13.1 Å². The summed E-state index contributed by atoms with van der Waals surface area (Å²) in [5.41, 5.74) is 5.41. The minimum absolute atomic E-state index is 0.0928. The fourth-order valence-electron chi connectivity index (χ4n) is 1.90. The summed E-state index contributed by atoms with van der Waals surface area (Å²) in [6, 6.07) is -0.0928. The molecule has 1 amide bonds. The topological polar surface area (TPSA) is 67.9 Å². The number of ether oxygens (including phenoxy) is 1. The van der Waals surface area contributed by atoms with E-state index in [4.69, 9.17) is 10.5 Å². The Balaban J connectivity index is 2.69. The molecule has 1 atom stereocenters. The third kappa shape index (κ3) is 3.91. The zero-order chi connectivity index (χ0) is 13.1. The molecule has 0 spiro atoms. The lowest BCUT2D eigenvalue weighted by Crippen LogP contribution is -2.46. The number of hydrogen-bond acceptors (Lipinski definition) is 3. The Morgan fingerprint density at radius 3 is 2.71 bits per heavy atom. The van der Waals surface area contributed by atoms with E-state index in [-0.39, 0.29) is 12.1 Å². The van der Waals surface area contributed by atoms with Gasteiger partial charge in [-0.2, -0.15) is 0 Å². The molecule has 1 heterocycles. The number of amidine groups is 1. The highest BCUT2D eigenvalue weighted by molar-refractivity contribution is 5.89. The summed E-state index contributed by atoms with van der Waals surface area (Å²) in [7, 11) is 0. The largest absolute Gasteiger partial charge is 0.444 e. The fraction of sp³-hybridized carbons (Fsp3) is 0.833. The van der Waals surface area contributed by atoms with Gasteiger partial charge in [0.15, 0.2) is 0 Å². The SMILES string of the molecule is CCN=C(N)C1CCCN1C(=O)OC(C)(C)C. The number of likely N-dealkylation sites (tertiary alicyclic amines) is 1. The van der Waals surface area contributed by atoms with Crippen LogP contribution in [0.4, 0.5) is 4.79 Å². The quantitative estimate of drug-likeness (QED) is 0.591. The standard InChI is InChI=1S/C12H23N3O2/c1-5-14-10(13)9-7-6-8-15(9)11(16)17-12(2,3)4/h9H,5-8H2,1-4H3,(H2,13,14). The zero-order valence-electron chi connectivity index (χ0n) is 11.2. The normalized spacial score (nSPS) is 21.8. The first kappa shape index (κ1) is 13.8. The van der Waals surface area contributed by atoms with E-state index in [9.17, 15) is 4.79 Å². The summed E-state index contributed by atoms with van der Waals surface area (Å²) in [6.45, 7) is 8.85. The molecule has 0 saturated carbocycles. The Bertz CT molecular complexity index is 307. The number of aliphatic imine (C=N–C) groups is 1. The molecule has 1 saturated heterocycles. The third-order valence-corrected chi connectivity index (χ3v) is 2.56. The van der Waals surface area contributed by atoms with Crippen LogP contribution in [0.2, 0.25) is 0 Å². The molecular formula is C12H23N3O2. The van der Waals surface area contributed by atoms with E-state index in [1.54, 1.807) is 4.90 Å². The monoisotopic (exact) mass is 241 g/mol. The van der Waals surface area contributed by atoms with Crippen molar-refractivity contribution in [2.45, 2.75) is 52.2 Å². The molecule has 1 rings (SSSR count). The van der Waals surface area contributed by atoms with Crippen molar-refractivity contribution in [3.8, 4) is 0 Å². The minimum Gasteiger partial charge on any atom is -0.444 e. The summed E-state index contributed by atoms with van der Waals surface area (Å²) in [5, 5.41) is 0. The Labute approximate surface area is 103 Å². The molecule has 1 aliphatic rings.